The van der Waals surface area contributed by atoms with Crippen LogP contribution in [0.3, 0.4) is 0 Å². The van der Waals surface area contributed by atoms with Crippen molar-refractivity contribution in [2.24, 2.45) is 5.92 Å². The third-order valence-corrected chi connectivity index (χ3v) is 5.18. The van der Waals surface area contributed by atoms with E-state index in [9.17, 15) is 9.59 Å². The predicted molar refractivity (Wildman–Crippen MR) is 93.5 cm³/mol. The molecule has 0 amide bonds. The van der Waals surface area contributed by atoms with Crippen molar-refractivity contribution < 1.29 is 19.1 Å². The zero-order valence-electron chi connectivity index (χ0n) is 13.2. The number of allylic oxidation sites excluding steroid dienone is 1. The van der Waals surface area contributed by atoms with Crippen molar-refractivity contribution in [2.75, 3.05) is 6.61 Å². The van der Waals surface area contributed by atoms with Gasteiger partial charge in [-0.15, -0.1) is 0 Å². The molecule has 0 aromatic heterocycles. The highest BCUT2D eigenvalue weighted by Gasteiger charge is 2.56. The Bertz CT molecular complexity index is 749. The summed E-state index contributed by atoms with van der Waals surface area (Å²) in [6.45, 7) is 3.33. The van der Waals surface area contributed by atoms with Gasteiger partial charge in [-0.3, -0.25) is 9.59 Å². The minimum atomic E-state index is -0.942. The fourth-order valence-electron chi connectivity index (χ4n) is 3.35. The van der Waals surface area contributed by atoms with Gasteiger partial charge in [0.2, 0.25) is 0 Å². The molecule has 3 atom stereocenters. The number of fused-ring (bicyclic) bond motifs is 1. The Morgan fingerprint density at radius 3 is 2.58 bits per heavy atom. The standard InChI is InChI=1S/C18H16BrClO4/c1-10(20)14-9-23-18(12-3-5-13(19)6-4-12)8-7-15(22)17(16(14)18)24-11(2)21/h3-8,16-17H,9H2,1-2H3/b14-10-/t16-,17+,18-/m0/s1. The molecule has 24 heavy (non-hydrogen) atoms. The number of carbonyl (C=O) groups is 2. The van der Waals surface area contributed by atoms with E-state index >= 15 is 0 Å². The lowest BCUT2D eigenvalue weighted by Crippen LogP contribution is -2.47. The second kappa shape index (κ2) is 6.47. The van der Waals surface area contributed by atoms with Gasteiger partial charge in [-0.1, -0.05) is 39.7 Å². The minimum absolute atomic E-state index is 0.260. The highest BCUT2D eigenvalue weighted by Crippen LogP contribution is 2.51. The first-order valence-corrected chi connectivity index (χ1v) is 8.67. The molecule has 3 rings (SSSR count). The first kappa shape index (κ1) is 17.4. The van der Waals surface area contributed by atoms with Gasteiger partial charge in [-0.05, 0) is 42.3 Å². The average Bonchev–Trinajstić information content (AvgIpc) is 2.92. The van der Waals surface area contributed by atoms with E-state index in [0.717, 1.165) is 15.6 Å². The Morgan fingerprint density at radius 1 is 1.33 bits per heavy atom. The van der Waals surface area contributed by atoms with Gasteiger partial charge >= 0.3 is 5.97 Å². The van der Waals surface area contributed by atoms with Crippen molar-refractivity contribution in [3.05, 3.63) is 57.1 Å². The molecule has 0 radical (unpaired) electrons. The molecule has 1 heterocycles. The van der Waals surface area contributed by atoms with Crippen molar-refractivity contribution in [1.29, 1.82) is 0 Å². The molecule has 2 aliphatic rings. The Morgan fingerprint density at radius 2 is 2.00 bits per heavy atom. The summed E-state index contributed by atoms with van der Waals surface area (Å²) in [6.07, 6.45) is 2.23. The molecule has 0 unspecified atom stereocenters. The molecule has 1 saturated heterocycles. The van der Waals surface area contributed by atoms with Crippen LogP contribution in [0.5, 0.6) is 0 Å². The number of carbonyl (C=O) groups excluding carboxylic acids is 2. The Balaban J connectivity index is 2.17. The van der Waals surface area contributed by atoms with Gasteiger partial charge in [0.25, 0.3) is 0 Å². The summed E-state index contributed by atoms with van der Waals surface area (Å²) in [5.41, 5.74) is 0.785. The SMILES string of the molecule is CC(=O)O[C@@H]1C(=O)C=C[C@@]2(c3ccc(Br)cc3)OC/C(=C(\C)Cl)[C@@H]12. The third-order valence-electron chi connectivity index (χ3n) is 4.41. The lowest BCUT2D eigenvalue weighted by Gasteiger charge is -2.38. The second-order valence-electron chi connectivity index (χ2n) is 5.89. The van der Waals surface area contributed by atoms with Crippen LogP contribution in [0, 0.1) is 5.92 Å². The van der Waals surface area contributed by atoms with Crippen LogP contribution in [0.15, 0.2) is 51.5 Å². The number of hydrogen-bond acceptors (Lipinski definition) is 4. The summed E-state index contributed by atoms with van der Waals surface area (Å²) in [5.74, 6) is -1.24. The largest absolute Gasteiger partial charge is 0.453 e. The zero-order valence-corrected chi connectivity index (χ0v) is 15.6. The molecule has 0 N–H and O–H groups in total. The van der Waals surface area contributed by atoms with E-state index < -0.39 is 23.6 Å². The van der Waals surface area contributed by atoms with Gasteiger partial charge in [-0.2, -0.15) is 0 Å². The molecule has 4 nitrogen and oxygen atoms in total. The number of ether oxygens (including phenoxy) is 2. The lowest BCUT2D eigenvalue weighted by atomic mass is 9.71. The molecule has 0 saturated carbocycles. The maximum atomic E-state index is 12.4. The number of ketones is 1. The van der Waals surface area contributed by atoms with Gasteiger partial charge in [0.15, 0.2) is 11.9 Å². The van der Waals surface area contributed by atoms with E-state index in [1.807, 2.05) is 24.3 Å². The molecule has 0 spiro atoms. The maximum absolute atomic E-state index is 12.4. The number of halogens is 2. The topological polar surface area (TPSA) is 52.6 Å². The fraction of sp³-hybridized carbons (Fsp3) is 0.333. The van der Waals surface area contributed by atoms with E-state index in [1.54, 1.807) is 13.0 Å². The van der Waals surface area contributed by atoms with Crippen molar-refractivity contribution in [1.82, 2.24) is 0 Å². The van der Waals surface area contributed by atoms with E-state index in [1.165, 1.54) is 13.0 Å². The molecule has 1 aliphatic heterocycles. The summed E-state index contributed by atoms with van der Waals surface area (Å²) in [6, 6.07) is 7.67. The third kappa shape index (κ3) is 2.85. The predicted octanol–water partition coefficient (Wildman–Crippen LogP) is 3.87. The second-order valence-corrected chi connectivity index (χ2v) is 7.37. The first-order valence-electron chi connectivity index (χ1n) is 7.50. The molecular formula is C18H16BrClO4. The summed E-state index contributed by atoms with van der Waals surface area (Å²) < 4.78 is 12.4. The van der Waals surface area contributed by atoms with Crippen molar-refractivity contribution in [2.45, 2.75) is 25.6 Å². The van der Waals surface area contributed by atoms with Crippen LogP contribution >= 0.6 is 27.5 Å². The smallest absolute Gasteiger partial charge is 0.303 e. The van der Waals surface area contributed by atoms with Crippen LogP contribution in [-0.4, -0.2) is 24.5 Å². The van der Waals surface area contributed by atoms with Crippen LogP contribution in [0.1, 0.15) is 19.4 Å². The molecule has 1 aromatic rings. The molecule has 1 fully saturated rings. The normalized spacial score (nSPS) is 30.9. The first-order chi connectivity index (χ1) is 11.3. The van der Waals surface area contributed by atoms with Gasteiger partial charge in [-0.25, -0.2) is 0 Å². The van der Waals surface area contributed by atoms with Crippen LogP contribution in [0.2, 0.25) is 0 Å². The van der Waals surface area contributed by atoms with Crippen LogP contribution in [-0.2, 0) is 24.7 Å². The fourth-order valence-corrected chi connectivity index (χ4v) is 3.78. The summed E-state index contributed by atoms with van der Waals surface area (Å²) in [4.78, 5) is 23.9. The number of esters is 1. The monoisotopic (exact) mass is 410 g/mol. The van der Waals surface area contributed by atoms with Gasteiger partial charge in [0.1, 0.15) is 5.60 Å². The molecule has 1 aromatic carbocycles. The van der Waals surface area contributed by atoms with E-state index in [4.69, 9.17) is 21.1 Å². The van der Waals surface area contributed by atoms with Crippen LogP contribution < -0.4 is 0 Å². The Hall–Kier alpha value is -1.43. The zero-order chi connectivity index (χ0) is 17.5. The summed E-state index contributed by atoms with van der Waals surface area (Å²) in [7, 11) is 0. The van der Waals surface area contributed by atoms with Crippen LogP contribution in [0.4, 0.5) is 0 Å². The summed E-state index contributed by atoms with van der Waals surface area (Å²) >= 11 is 9.66. The number of rotatable bonds is 2. The van der Waals surface area contributed by atoms with Gasteiger partial charge < -0.3 is 9.47 Å². The van der Waals surface area contributed by atoms with Gasteiger partial charge in [0.05, 0.1) is 12.5 Å². The quantitative estimate of drug-likeness (QED) is 0.693. The Kier molecular flexibility index (Phi) is 4.69. The van der Waals surface area contributed by atoms with Crippen molar-refractivity contribution >= 4 is 39.3 Å². The average molecular weight is 412 g/mol. The molecular weight excluding hydrogens is 396 g/mol. The molecule has 6 heteroatoms. The lowest BCUT2D eigenvalue weighted by molar-refractivity contribution is -0.158. The van der Waals surface area contributed by atoms with Crippen molar-refractivity contribution in [3.63, 3.8) is 0 Å². The number of hydrogen-bond donors (Lipinski definition) is 0. The summed E-state index contributed by atoms with van der Waals surface area (Å²) in [5, 5.41) is 0.555. The van der Waals surface area contributed by atoms with Crippen molar-refractivity contribution in [3.8, 4) is 0 Å². The van der Waals surface area contributed by atoms with E-state index in [-0.39, 0.29) is 12.4 Å². The molecule has 126 valence electrons. The maximum Gasteiger partial charge on any atom is 0.303 e. The minimum Gasteiger partial charge on any atom is -0.453 e. The van der Waals surface area contributed by atoms with E-state index in [0.29, 0.717) is 5.03 Å². The highest BCUT2D eigenvalue weighted by molar-refractivity contribution is 9.10. The molecule has 1 aliphatic carbocycles. The van der Waals surface area contributed by atoms with Crippen LogP contribution in [0.25, 0.3) is 0 Å². The molecule has 0 bridgehead atoms. The highest BCUT2D eigenvalue weighted by atomic mass is 79.9. The van der Waals surface area contributed by atoms with E-state index in [2.05, 4.69) is 15.9 Å². The van der Waals surface area contributed by atoms with Gasteiger partial charge in [0, 0.05) is 16.4 Å². The Labute approximate surface area is 153 Å². The number of benzene rings is 1.